The summed E-state index contributed by atoms with van der Waals surface area (Å²) >= 11 is 0. The van der Waals surface area contributed by atoms with E-state index < -0.39 is 15.6 Å². The van der Waals surface area contributed by atoms with E-state index >= 15 is 0 Å². The number of nitrogens with zero attached hydrogens (tertiary/aromatic N) is 2. The van der Waals surface area contributed by atoms with E-state index in [9.17, 15) is 13.2 Å². The molecule has 1 heterocycles. The van der Waals surface area contributed by atoms with Gasteiger partial charge in [0.15, 0.2) is 0 Å². The Labute approximate surface area is 192 Å². The smallest absolute Gasteiger partial charge is 0.270 e. The van der Waals surface area contributed by atoms with Crippen molar-refractivity contribution in [3.63, 3.8) is 0 Å². The summed E-state index contributed by atoms with van der Waals surface area (Å²) in [5.74, 6) is 0. The SMILES string of the molecule is CB(Cc1ccccc1)N(B(C)Cc1ccccc1)S(=O)(=O)c1cccn(C(C)C)c1=O. The first-order chi connectivity index (χ1) is 15.2. The molecule has 0 aliphatic rings. The summed E-state index contributed by atoms with van der Waals surface area (Å²) in [7, 11) is -4.03. The minimum absolute atomic E-state index is 0.130. The largest absolute Gasteiger partial charge is 0.312 e. The summed E-state index contributed by atoms with van der Waals surface area (Å²) < 4.78 is 30.8. The van der Waals surface area contributed by atoms with Crippen LogP contribution in [0.2, 0.25) is 13.6 Å². The van der Waals surface area contributed by atoms with Crippen LogP contribution in [0.3, 0.4) is 0 Å². The summed E-state index contributed by atoms with van der Waals surface area (Å²) in [6, 6.07) is 22.6. The maximum atomic E-state index is 13.9. The topological polar surface area (TPSA) is 59.4 Å². The van der Waals surface area contributed by atoms with Gasteiger partial charge >= 0.3 is 0 Å². The predicted octanol–water partition coefficient (Wildman–Crippen LogP) is 4.23. The molecular formula is C24H30B2N2O3S. The highest BCUT2D eigenvalue weighted by Crippen LogP contribution is 2.20. The average molecular weight is 448 g/mol. The zero-order valence-electron chi connectivity index (χ0n) is 19.2. The second-order valence-electron chi connectivity index (χ2n) is 8.59. The number of aromatic nitrogens is 1. The minimum atomic E-state index is -4.03. The fraction of sp³-hybridized carbons (Fsp3) is 0.292. The molecule has 3 aromatic rings. The van der Waals surface area contributed by atoms with E-state index in [0.29, 0.717) is 12.6 Å². The summed E-state index contributed by atoms with van der Waals surface area (Å²) in [6.45, 7) is 6.91. The van der Waals surface area contributed by atoms with Gasteiger partial charge in [0.05, 0.1) is 0 Å². The highest BCUT2D eigenvalue weighted by atomic mass is 32.2. The lowest BCUT2D eigenvalue weighted by molar-refractivity contribution is 0.551. The zero-order valence-corrected chi connectivity index (χ0v) is 20.0. The molecule has 166 valence electrons. The van der Waals surface area contributed by atoms with Crippen molar-refractivity contribution < 1.29 is 8.42 Å². The van der Waals surface area contributed by atoms with Crippen molar-refractivity contribution in [3.8, 4) is 0 Å². The molecule has 0 amide bonds. The lowest BCUT2D eigenvalue weighted by atomic mass is 9.48. The van der Waals surface area contributed by atoms with E-state index in [2.05, 4.69) is 0 Å². The van der Waals surface area contributed by atoms with Crippen molar-refractivity contribution in [1.29, 1.82) is 0 Å². The van der Waals surface area contributed by atoms with Crippen LogP contribution in [-0.4, -0.2) is 30.8 Å². The van der Waals surface area contributed by atoms with Crippen molar-refractivity contribution in [1.82, 2.24) is 8.69 Å². The molecule has 3 rings (SSSR count). The first kappa shape index (κ1) is 24.1. The summed E-state index contributed by atoms with van der Waals surface area (Å²) in [4.78, 5) is 12.9. The molecular weight excluding hydrogens is 418 g/mol. The Morgan fingerprint density at radius 2 is 1.28 bits per heavy atom. The molecule has 0 saturated heterocycles. The molecule has 0 unspecified atom stereocenters. The maximum absolute atomic E-state index is 13.9. The molecule has 0 N–H and O–H groups in total. The van der Waals surface area contributed by atoms with E-state index in [4.69, 9.17) is 0 Å². The third-order valence-electron chi connectivity index (χ3n) is 5.67. The maximum Gasteiger partial charge on any atom is 0.270 e. The van der Waals surface area contributed by atoms with Gasteiger partial charge in [-0.2, -0.15) is 0 Å². The van der Waals surface area contributed by atoms with Crippen molar-refractivity contribution >= 4 is 23.7 Å². The van der Waals surface area contributed by atoms with E-state index in [1.807, 2.05) is 88.2 Å². The predicted molar refractivity (Wildman–Crippen MR) is 134 cm³/mol. The van der Waals surface area contributed by atoms with Crippen LogP contribution in [0.15, 0.2) is 88.7 Å². The molecule has 1 aromatic heterocycles. The fourth-order valence-electron chi connectivity index (χ4n) is 4.20. The molecule has 0 aliphatic heterocycles. The van der Waals surface area contributed by atoms with Gasteiger partial charge in [0.25, 0.3) is 5.56 Å². The zero-order chi connectivity index (χ0) is 23.3. The third-order valence-corrected chi connectivity index (χ3v) is 7.81. The van der Waals surface area contributed by atoms with Crippen LogP contribution in [0.1, 0.15) is 31.0 Å². The minimum Gasteiger partial charge on any atom is -0.312 e. The van der Waals surface area contributed by atoms with Gasteiger partial charge in [-0.25, -0.2) is 8.42 Å². The van der Waals surface area contributed by atoms with Gasteiger partial charge in [-0.15, -0.1) is 0 Å². The van der Waals surface area contributed by atoms with E-state index in [1.54, 1.807) is 12.3 Å². The Hall–Kier alpha value is -2.57. The Kier molecular flexibility index (Phi) is 7.80. The van der Waals surface area contributed by atoms with Gasteiger partial charge in [0, 0.05) is 12.2 Å². The Balaban J connectivity index is 2.04. The number of pyridine rings is 1. The molecule has 5 nitrogen and oxygen atoms in total. The van der Waals surface area contributed by atoms with Gasteiger partial charge in [0.2, 0.25) is 23.7 Å². The van der Waals surface area contributed by atoms with Crippen LogP contribution in [0.4, 0.5) is 0 Å². The lowest BCUT2D eigenvalue weighted by Crippen LogP contribution is -2.53. The van der Waals surface area contributed by atoms with Gasteiger partial charge in [-0.05, 0) is 38.6 Å². The highest BCUT2D eigenvalue weighted by Gasteiger charge is 2.38. The second kappa shape index (κ2) is 10.4. The fourth-order valence-corrected chi connectivity index (χ4v) is 6.10. The Morgan fingerprint density at radius 3 is 1.72 bits per heavy atom. The van der Waals surface area contributed by atoms with E-state index in [-0.39, 0.29) is 24.6 Å². The molecule has 0 atom stereocenters. The molecule has 8 heteroatoms. The quantitative estimate of drug-likeness (QED) is 0.461. The number of hydrogen-bond donors (Lipinski definition) is 0. The highest BCUT2D eigenvalue weighted by molar-refractivity contribution is 7.91. The molecule has 32 heavy (non-hydrogen) atoms. The molecule has 0 radical (unpaired) electrons. The molecule has 2 aromatic carbocycles. The van der Waals surface area contributed by atoms with Gasteiger partial charge in [-0.1, -0.05) is 85.4 Å². The second-order valence-corrected chi connectivity index (χ2v) is 10.4. The number of benzene rings is 2. The molecule has 0 saturated carbocycles. The van der Waals surface area contributed by atoms with Crippen molar-refractivity contribution in [2.75, 3.05) is 0 Å². The van der Waals surface area contributed by atoms with Gasteiger partial charge in [-0.3, -0.25) is 8.92 Å². The normalized spacial score (nSPS) is 11.7. The average Bonchev–Trinajstić information content (AvgIpc) is 2.74. The standard InChI is InChI=1S/C24H30B2N2O3S/c1-20(2)27-17-11-16-23(24(27)29)32(30,31)28(25(3)18-21-12-7-5-8-13-21)26(4)19-22-14-9-6-10-15-22/h5-17,20H,18-19H2,1-4H3. The summed E-state index contributed by atoms with van der Waals surface area (Å²) in [5.41, 5.74) is 1.63. The van der Waals surface area contributed by atoms with Crippen LogP contribution in [0.25, 0.3) is 0 Å². The van der Waals surface area contributed by atoms with Crippen LogP contribution in [0.5, 0.6) is 0 Å². The molecule has 0 aliphatic carbocycles. The van der Waals surface area contributed by atoms with Crippen molar-refractivity contribution in [2.24, 2.45) is 0 Å². The first-order valence-electron chi connectivity index (χ1n) is 11.0. The van der Waals surface area contributed by atoms with Crippen LogP contribution in [-0.2, 0) is 22.7 Å². The number of sulfonamides is 1. The van der Waals surface area contributed by atoms with Crippen molar-refractivity contribution in [2.45, 2.75) is 51.1 Å². The molecule has 0 spiro atoms. The van der Waals surface area contributed by atoms with Gasteiger partial charge in [0.1, 0.15) is 4.90 Å². The van der Waals surface area contributed by atoms with Crippen molar-refractivity contribution in [3.05, 3.63) is 100 Å². The summed E-state index contributed by atoms with van der Waals surface area (Å²) in [5, 5.41) is 0. The molecule has 0 bridgehead atoms. The Bertz CT molecular complexity index is 1140. The molecule has 0 fully saturated rings. The van der Waals surface area contributed by atoms with Crippen LogP contribution >= 0.6 is 0 Å². The van der Waals surface area contributed by atoms with Crippen LogP contribution in [0, 0.1) is 0 Å². The first-order valence-corrected chi connectivity index (χ1v) is 12.5. The monoisotopic (exact) mass is 448 g/mol. The van der Waals surface area contributed by atoms with Gasteiger partial charge < -0.3 is 4.57 Å². The third kappa shape index (κ3) is 5.43. The number of hydrogen-bond acceptors (Lipinski definition) is 3. The van der Waals surface area contributed by atoms with Crippen LogP contribution < -0.4 is 5.56 Å². The summed E-state index contributed by atoms with van der Waals surface area (Å²) in [6.07, 6.45) is 2.76. The number of rotatable bonds is 9. The van der Waals surface area contributed by atoms with E-state index in [0.717, 1.165) is 11.1 Å². The van der Waals surface area contributed by atoms with E-state index in [1.165, 1.54) is 14.8 Å². The Morgan fingerprint density at radius 1 is 0.812 bits per heavy atom. The lowest BCUT2D eigenvalue weighted by Gasteiger charge is -2.31.